The maximum atomic E-state index is 12.8. The molecular weight excluding hydrogens is 558 g/mol. The summed E-state index contributed by atoms with van der Waals surface area (Å²) in [6.07, 6.45) is 1.39. The Morgan fingerprint density at radius 1 is 0.833 bits per heavy atom. The van der Waals surface area contributed by atoms with Crippen LogP contribution in [0.5, 0.6) is 23.0 Å². The third-order valence-corrected chi connectivity index (χ3v) is 6.06. The van der Waals surface area contributed by atoms with Gasteiger partial charge in [0.1, 0.15) is 18.1 Å². The Morgan fingerprint density at radius 2 is 1.60 bits per heavy atom. The number of hydrazone groups is 1. The van der Waals surface area contributed by atoms with E-state index in [1.54, 1.807) is 60.7 Å². The molecule has 0 bridgehead atoms. The Labute approximate surface area is 249 Å². The maximum Gasteiger partial charge on any atom is 0.271 e. The van der Waals surface area contributed by atoms with E-state index in [4.69, 9.17) is 30.5 Å². The van der Waals surface area contributed by atoms with Crippen LogP contribution in [0.2, 0.25) is 5.02 Å². The van der Waals surface area contributed by atoms with Crippen LogP contribution in [0.4, 0.5) is 5.69 Å². The molecule has 0 heterocycles. The molecule has 42 heavy (non-hydrogen) atoms. The number of nitrogens with one attached hydrogen (secondary N) is 2. The number of para-hydroxylation sites is 2. The van der Waals surface area contributed by atoms with Gasteiger partial charge in [-0.25, -0.2) is 5.43 Å². The van der Waals surface area contributed by atoms with Crippen LogP contribution in [-0.2, 0) is 11.4 Å². The van der Waals surface area contributed by atoms with E-state index in [0.29, 0.717) is 58.0 Å². The number of halogens is 1. The number of ether oxygens (including phenoxy) is 4. The summed E-state index contributed by atoms with van der Waals surface area (Å²) >= 11 is 6.16. The first kappa shape index (κ1) is 30.0. The third kappa shape index (κ3) is 8.49. The fourth-order valence-electron chi connectivity index (χ4n) is 3.83. The molecule has 0 aliphatic carbocycles. The molecule has 0 radical (unpaired) electrons. The van der Waals surface area contributed by atoms with Gasteiger partial charge in [0.25, 0.3) is 11.8 Å². The zero-order chi connectivity index (χ0) is 29.7. The fourth-order valence-corrected chi connectivity index (χ4v) is 4.01. The van der Waals surface area contributed by atoms with Crippen LogP contribution < -0.4 is 29.7 Å². The van der Waals surface area contributed by atoms with E-state index >= 15 is 0 Å². The van der Waals surface area contributed by atoms with Crippen LogP contribution in [0.1, 0.15) is 28.4 Å². The zero-order valence-electron chi connectivity index (χ0n) is 23.1. The summed E-state index contributed by atoms with van der Waals surface area (Å²) in [5.41, 5.74) is 4.83. The lowest BCUT2D eigenvalue weighted by Gasteiger charge is -2.13. The molecule has 0 aliphatic heterocycles. The van der Waals surface area contributed by atoms with Gasteiger partial charge in [0.05, 0.1) is 25.6 Å². The highest BCUT2D eigenvalue weighted by molar-refractivity contribution is 6.30. The average Bonchev–Trinajstić information content (AvgIpc) is 3.01. The molecule has 0 fully saturated rings. The lowest BCUT2D eigenvalue weighted by Crippen LogP contribution is -2.21. The molecule has 2 N–H and O–H groups in total. The number of carbonyl (C=O) groups is 2. The van der Waals surface area contributed by atoms with Gasteiger partial charge in [0.15, 0.2) is 18.1 Å². The van der Waals surface area contributed by atoms with E-state index in [2.05, 4.69) is 15.8 Å². The molecule has 0 aromatic heterocycles. The largest absolute Gasteiger partial charge is 0.495 e. The number of hydrogen-bond acceptors (Lipinski definition) is 7. The molecule has 216 valence electrons. The smallest absolute Gasteiger partial charge is 0.271 e. The minimum absolute atomic E-state index is 0.272. The van der Waals surface area contributed by atoms with Crippen LogP contribution >= 0.6 is 11.6 Å². The van der Waals surface area contributed by atoms with Crippen molar-refractivity contribution < 1.29 is 28.5 Å². The number of nitrogens with zero attached hydrogens (tertiary/aromatic N) is 1. The minimum atomic E-state index is -0.456. The third-order valence-electron chi connectivity index (χ3n) is 5.82. The highest BCUT2D eigenvalue weighted by Gasteiger charge is 2.13. The second kappa shape index (κ2) is 15.1. The van der Waals surface area contributed by atoms with Gasteiger partial charge in [-0.1, -0.05) is 54.1 Å². The maximum absolute atomic E-state index is 12.8. The SMILES string of the molecule is CCOc1cc(C(=O)N/N=C/c2cc(Cl)ccc2OCC(=O)Nc2ccccc2OC)ccc1OCc1ccccc1. The quantitative estimate of drug-likeness (QED) is 0.144. The monoisotopic (exact) mass is 587 g/mol. The molecule has 4 rings (SSSR count). The number of rotatable bonds is 13. The molecule has 2 amide bonds. The topological polar surface area (TPSA) is 107 Å². The predicted octanol–water partition coefficient (Wildman–Crippen LogP) is 6.11. The number of carbonyl (C=O) groups excluding carboxylic acids is 2. The van der Waals surface area contributed by atoms with Gasteiger partial charge in [0.2, 0.25) is 0 Å². The average molecular weight is 588 g/mol. The summed E-state index contributed by atoms with van der Waals surface area (Å²) < 4.78 is 22.6. The first-order valence-corrected chi connectivity index (χ1v) is 13.5. The first-order valence-electron chi connectivity index (χ1n) is 13.1. The van der Waals surface area contributed by atoms with Gasteiger partial charge in [-0.05, 0) is 61.0 Å². The van der Waals surface area contributed by atoms with E-state index in [1.165, 1.54) is 13.3 Å². The minimum Gasteiger partial charge on any atom is -0.495 e. The van der Waals surface area contributed by atoms with Crippen molar-refractivity contribution in [3.8, 4) is 23.0 Å². The van der Waals surface area contributed by atoms with Crippen LogP contribution in [0.25, 0.3) is 0 Å². The molecule has 0 saturated heterocycles. The highest BCUT2D eigenvalue weighted by atomic mass is 35.5. The van der Waals surface area contributed by atoms with Crippen LogP contribution in [0, 0.1) is 0 Å². The van der Waals surface area contributed by atoms with Gasteiger partial charge in [-0.2, -0.15) is 5.10 Å². The second-order valence-corrected chi connectivity index (χ2v) is 9.22. The normalized spacial score (nSPS) is 10.6. The van der Waals surface area contributed by atoms with E-state index in [-0.39, 0.29) is 12.5 Å². The molecule has 0 spiro atoms. The molecular formula is C32H30ClN3O6. The summed E-state index contributed by atoms with van der Waals surface area (Å²) in [4.78, 5) is 25.3. The van der Waals surface area contributed by atoms with Gasteiger partial charge < -0.3 is 24.3 Å². The van der Waals surface area contributed by atoms with E-state index in [9.17, 15) is 9.59 Å². The van der Waals surface area contributed by atoms with Crippen molar-refractivity contribution in [3.63, 3.8) is 0 Å². The van der Waals surface area contributed by atoms with Crippen LogP contribution in [-0.4, -0.2) is 38.4 Å². The highest BCUT2D eigenvalue weighted by Crippen LogP contribution is 2.29. The zero-order valence-corrected chi connectivity index (χ0v) is 23.9. The number of anilines is 1. The summed E-state index contributed by atoms with van der Waals surface area (Å²) in [7, 11) is 1.52. The lowest BCUT2D eigenvalue weighted by molar-refractivity contribution is -0.118. The number of hydrogen-bond donors (Lipinski definition) is 2. The van der Waals surface area contributed by atoms with Crippen molar-refractivity contribution in [2.24, 2.45) is 5.10 Å². The molecule has 4 aromatic rings. The Bertz CT molecular complexity index is 1540. The predicted molar refractivity (Wildman–Crippen MR) is 162 cm³/mol. The second-order valence-electron chi connectivity index (χ2n) is 8.79. The summed E-state index contributed by atoms with van der Waals surface area (Å²) in [5.74, 6) is 1.02. The van der Waals surface area contributed by atoms with Gasteiger partial charge in [-0.3, -0.25) is 9.59 Å². The number of benzene rings is 4. The van der Waals surface area contributed by atoms with E-state index in [1.807, 2.05) is 37.3 Å². The van der Waals surface area contributed by atoms with Crippen molar-refractivity contribution in [1.29, 1.82) is 0 Å². The summed E-state index contributed by atoms with van der Waals surface area (Å²) in [5, 5.41) is 7.24. The van der Waals surface area contributed by atoms with Crippen molar-refractivity contribution in [1.82, 2.24) is 5.43 Å². The summed E-state index contributed by atoms with van der Waals surface area (Å²) in [6.45, 7) is 2.35. The number of amides is 2. The van der Waals surface area contributed by atoms with Crippen molar-refractivity contribution in [2.45, 2.75) is 13.5 Å². The van der Waals surface area contributed by atoms with Gasteiger partial charge in [0, 0.05) is 16.1 Å². The molecule has 0 saturated carbocycles. The van der Waals surface area contributed by atoms with Crippen molar-refractivity contribution >= 4 is 35.3 Å². The fraction of sp³-hybridized carbons (Fsp3) is 0.156. The standard InChI is InChI=1S/C32H30ClN3O6/c1-3-40-30-18-23(13-15-29(30)41-20-22-9-5-4-6-10-22)32(38)36-34-19-24-17-25(33)14-16-27(24)42-21-31(37)35-26-11-7-8-12-28(26)39-2/h4-19H,3,20-21H2,1-2H3,(H,35,37)(H,36,38)/b34-19+. The van der Waals surface area contributed by atoms with Crippen molar-refractivity contribution in [2.75, 3.05) is 25.6 Å². The van der Waals surface area contributed by atoms with Gasteiger partial charge in [-0.15, -0.1) is 0 Å². The molecule has 0 aliphatic rings. The number of methoxy groups -OCH3 is 1. The lowest BCUT2D eigenvalue weighted by atomic mass is 10.2. The Kier molecular flexibility index (Phi) is 10.8. The first-order chi connectivity index (χ1) is 20.5. The van der Waals surface area contributed by atoms with Crippen molar-refractivity contribution in [3.05, 3.63) is 113 Å². The van der Waals surface area contributed by atoms with E-state index < -0.39 is 5.91 Å². The van der Waals surface area contributed by atoms with Crippen LogP contribution in [0.15, 0.2) is 96.1 Å². The Balaban J connectivity index is 1.38. The summed E-state index contributed by atoms with van der Waals surface area (Å²) in [6, 6.07) is 26.6. The van der Waals surface area contributed by atoms with Crippen LogP contribution in [0.3, 0.4) is 0 Å². The molecule has 4 aromatic carbocycles. The van der Waals surface area contributed by atoms with Gasteiger partial charge >= 0.3 is 0 Å². The van der Waals surface area contributed by atoms with E-state index in [0.717, 1.165) is 5.56 Å². The Morgan fingerprint density at radius 3 is 2.38 bits per heavy atom. The molecule has 9 nitrogen and oxygen atoms in total. The molecule has 0 unspecified atom stereocenters. The molecule has 0 atom stereocenters. The Hall–Kier alpha value is -5.02. The molecule has 10 heteroatoms.